The lowest BCUT2D eigenvalue weighted by atomic mass is 10.2. The summed E-state index contributed by atoms with van der Waals surface area (Å²) in [7, 11) is -3.44. The van der Waals surface area contributed by atoms with Crippen molar-refractivity contribution in [1.82, 2.24) is 4.57 Å². The van der Waals surface area contributed by atoms with E-state index >= 15 is 0 Å². The maximum atomic E-state index is 12.5. The number of sulfone groups is 1. The van der Waals surface area contributed by atoms with E-state index in [1.165, 1.54) is 47.7 Å². The van der Waals surface area contributed by atoms with Crippen LogP contribution < -0.4 is 4.80 Å². The van der Waals surface area contributed by atoms with Crippen molar-refractivity contribution in [3.8, 4) is 0 Å². The molecule has 2 aromatic carbocycles. The number of hydrogen-bond acceptors (Lipinski definition) is 6. The minimum atomic E-state index is -3.44. The van der Waals surface area contributed by atoms with Crippen LogP contribution in [-0.2, 0) is 16.4 Å². The molecule has 0 aliphatic carbocycles. The highest BCUT2D eigenvalue weighted by Gasteiger charge is 2.14. The number of hydrogen-bond donors (Lipinski definition) is 0. The number of nitro groups is 1. The first-order valence-corrected chi connectivity index (χ1v) is 10.6. The molecule has 0 saturated heterocycles. The molecule has 140 valence electrons. The Hall–Kier alpha value is -2.85. The van der Waals surface area contributed by atoms with Crippen molar-refractivity contribution in [1.29, 1.82) is 0 Å². The first-order valence-electron chi connectivity index (χ1n) is 7.87. The predicted octanol–water partition coefficient (Wildman–Crippen LogP) is 2.78. The number of carbonyl (C=O) groups excluding carboxylic acids is 1. The normalized spacial score (nSPS) is 12.4. The van der Waals surface area contributed by atoms with Crippen LogP contribution in [0.3, 0.4) is 0 Å². The molecule has 0 saturated carbocycles. The van der Waals surface area contributed by atoms with E-state index in [1.807, 2.05) is 6.92 Å². The molecule has 8 nitrogen and oxygen atoms in total. The molecule has 3 rings (SSSR count). The maximum absolute atomic E-state index is 12.5. The quantitative estimate of drug-likeness (QED) is 0.489. The van der Waals surface area contributed by atoms with Crippen molar-refractivity contribution in [2.45, 2.75) is 18.4 Å². The lowest BCUT2D eigenvalue weighted by Crippen LogP contribution is -2.16. The molecule has 0 aliphatic rings. The fraction of sp³-hybridized carbons (Fsp3) is 0.176. The highest BCUT2D eigenvalue weighted by molar-refractivity contribution is 7.90. The summed E-state index contributed by atoms with van der Waals surface area (Å²) in [6, 6.07) is 10.2. The average molecular weight is 405 g/mol. The summed E-state index contributed by atoms with van der Waals surface area (Å²) in [4.78, 5) is 27.6. The third kappa shape index (κ3) is 3.81. The third-order valence-corrected chi connectivity index (χ3v) is 6.07. The van der Waals surface area contributed by atoms with E-state index in [9.17, 15) is 23.3 Å². The van der Waals surface area contributed by atoms with Gasteiger partial charge in [0.05, 0.1) is 20.0 Å². The highest BCUT2D eigenvalue weighted by atomic mass is 32.2. The number of nitrogens with zero attached hydrogens (tertiary/aromatic N) is 3. The number of fused-ring (bicyclic) bond motifs is 1. The first kappa shape index (κ1) is 18.9. The van der Waals surface area contributed by atoms with Crippen molar-refractivity contribution < 1.29 is 18.1 Å². The maximum Gasteiger partial charge on any atom is 0.279 e. The number of aromatic nitrogens is 1. The third-order valence-electron chi connectivity index (χ3n) is 3.90. The summed E-state index contributed by atoms with van der Waals surface area (Å²) in [5.74, 6) is -0.580. The number of carbonyl (C=O) groups is 1. The topological polar surface area (TPSA) is 112 Å². The standard InChI is InChI=1S/C17H15N3O5S2/c1-3-19-14-10-12(20(22)23)7-8-15(14)26-17(19)18-16(21)11-5-4-6-13(9-11)27(2,24)25/h4-10H,3H2,1-2H3. The highest BCUT2D eigenvalue weighted by Crippen LogP contribution is 2.23. The van der Waals surface area contributed by atoms with Crippen LogP contribution in [-0.4, -0.2) is 30.1 Å². The number of benzene rings is 2. The second-order valence-electron chi connectivity index (χ2n) is 5.75. The van der Waals surface area contributed by atoms with Gasteiger partial charge in [0.15, 0.2) is 14.6 Å². The molecule has 1 amide bonds. The van der Waals surface area contributed by atoms with E-state index in [1.54, 1.807) is 10.6 Å². The van der Waals surface area contributed by atoms with Crippen LogP contribution in [0.15, 0.2) is 52.4 Å². The molecule has 27 heavy (non-hydrogen) atoms. The van der Waals surface area contributed by atoms with Gasteiger partial charge in [-0.1, -0.05) is 17.4 Å². The molecule has 1 aromatic heterocycles. The van der Waals surface area contributed by atoms with E-state index in [4.69, 9.17) is 0 Å². The zero-order valence-corrected chi connectivity index (χ0v) is 16.1. The molecular formula is C17H15N3O5S2. The zero-order chi connectivity index (χ0) is 19.8. The summed E-state index contributed by atoms with van der Waals surface area (Å²) in [5, 5.41) is 11.0. The van der Waals surface area contributed by atoms with E-state index in [0.29, 0.717) is 16.9 Å². The Bertz CT molecular complexity index is 1240. The molecule has 0 bridgehead atoms. The molecule has 10 heteroatoms. The Kier molecular flexibility index (Phi) is 4.94. The smallest absolute Gasteiger partial charge is 0.279 e. The van der Waals surface area contributed by atoms with Crippen LogP contribution in [0.5, 0.6) is 0 Å². The van der Waals surface area contributed by atoms with Gasteiger partial charge in [0.2, 0.25) is 0 Å². The van der Waals surface area contributed by atoms with Gasteiger partial charge in [-0.05, 0) is 31.2 Å². The number of non-ortho nitro benzene ring substituents is 1. The molecule has 0 unspecified atom stereocenters. The number of amides is 1. The van der Waals surface area contributed by atoms with Crippen molar-refractivity contribution in [3.05, 3.63) is 62.9 Å². The summed E-state index contributed by atoms with van der Waals surface area (Å²) < 4.78 is 25.8. The van der Waals surface area contributed by atoms with Gasteiger partial charge in [-0.3, -0.25) is 14.9 Å². The van der Waals surface area contributed by atoms with Crippen LogP contribution in [0.1, 0.15) is 17.3 Å². The fourth-order valence-corrected chi connectivity index (χ4v) is 4.31. The molecular weight excluding hydrogens is 390 g/mol. The van der Waals surface area contributed by atoms with Gasteiger partial charge >= 0.3 is 0 Å². The van der Waals surface area contributed by atoms with Crippen molar-refractivity contribution in [3.63, 3.8) is 0 Å². The Labute approximate surface area is 158 Å². The molecule has 0 fully saturated rings. The minimum Gasteiger partial charge on any atom is -0.316 e. The van der Waals surface area contributed by atoms with E-state index in [0.717, 1.165) is 11.0 Å². The summed E-state index contributed by atoms with van der Waals surface area (Å²) in [6.07, 6.45) is 1.07. The molecule has 0 atom stereocenters. The van der Waals surface area contributed by atoms with Crippen LogP contribution in [0, 0.1) is 10.1 Å². The molecule has 3 aromatic rings. The average Bonchev–Trinajstić information content (AvgIpc) is 2.97. The summed E-state index contributed by atoms with van der Waals surface area (Å²) in [5.41, 5.74) is 0.735. The Morgan fingerprint density at radius 1 is 1.26 bits per heavy atom. The first-order chi connectivity index (χ1) is 12.7. The zero-order valence-electron chi connectivity index (χ0n) is 14.4. The van der Waals surface area contributed by atoms with Gasteiger partial charge in [-0.15, -0.1) is 0 Å². The van der Waals surface area contributed by atoms with Gasteiger partial charge in [0.1, 0.15) is 0 Å². The van der Waals surface area contributed by atoms with Gasteiger partial charge < -0.3 is 4.57 Å². The van der Waals surface area contributed by atoms with Crippen molar-refractivity contribution in [2.24, 2.45) is 4.99 Å². The van der Waals surface area contributed by atoms with Gasteiger partial charge in [0.25, 0.3) is 11.6 Å². The van der Waals surface area contributed by atoms with Crippen LogP contribution in [0.4, 0.5) is 5.69 Å². The second-order valence-corrected chi connectivity index (χ2v) is 8.78. The Morgan fingerprint density at radius 2 is 2.00 bits per heavy atom. The van der Waals surface area contributed by atoms with Crippen LogP contribution >= 0.6 is 11.3 Å². The molecule has 0 N–H and O–H groups in total. The number of rotatable bonds is 4. The molecule has 0 aliphatic heterocycles. The lowest BCUT2D eigenvalue weighted by molar-refractivity contribution is -0.384. The van der Waals surface area contributed by atoms with Gasteiger partial charge in [-0.25, -0.2) is 8.42 Å². The summed E-state index contributed by atoms with van der Waals surface area (Å²) in [6.45, 7) is 2.31. The Morgan fingerprint density at radius 3 is 2.63 bits per heavy atom. The largest absolute Gasteiger partial charge is 0.316 e. The fourth-order valence-electron chi connectivity index (χ4n) is 2.57. The predicted molar refractivity (Wildman–Crippen MR) is 102 cm³/mol. The van der Waals surface area contributed by atoms with E-state index in [-0.39, 0.29) is 16.1 Å². The van der Waals surface area contributed by atoms with E-state index < -0.39 is 20.7 Å². The number of thiazole rings is 1. The SMILES string of the molecule is CCn1c(=NC(=O)c2cccc(S(C)(=O)=O)c2)sc2ccc([N+](=O)[O-])cc21. The monoisotopic (exact) mass is 405 g/mol. The van der Waals surface area contributed by atoms with Gasteiger partial charge in [-0.2, -0.15) is 4.99 Å². The molecule has 0 radical (unpaired) electrons. The number of aryl methyl sites for hydroxylation is 1. The van der Waals surface area contributed by atoms with Crippen molar-refractivity contribution in [2.75, 3.05) is 6.26 Å². The Balaban J connectivity index is 2.13. The molecule has 1 heterocycles. The van der Waals surface area contributed by atoms with Crippen molar-refractivity contribution >= 4 is 43.0 Å². The van der Waals surface area contributed by atoms with Gasteiger partial charge in [0, 0.05) is 30.5 Å². The van der Waals surface area contributed by atoms with Crippen LogP contribution in [0.25, 0.3) is 10.2 Å². The van der Waals surface area contributed by atoms with Crippen LogP contribution in [0.2, 0.25) is 0 Å². The lowest BCUT2D eigenvalue weighted by Gasteiger charge is -2.01. The second kappa shape index (κ2) is 7.05. The minimum absolute atomic E-state index is 0.0405. The molecule has 0 spiro atoms. The number of nitro benzene ring substituents is 1. The van der Waals surface area contributed by atoms with E-state index in [2.05, 4.69) is 4.99 Å². The summed E-state index contributed by atoms with van der Waals surface area (Å²) >= 11 is 1.24.